The largest absolute Gasteiger partial charge is 0.488 e. The zero-order valence-corrected chi connectivity index (χ0v) is 15.6. The number of fused-ring (bicyclic) bond motifs is 1. The lowest BCUT2D eigenvalue weighted by molar-refractivity contribution is -0.0231. The van der Waals surface area contributed by atoms with Crippen LogP contribution in [0.15, 0.2) is 30.3 Å². The van der Waals surface area contributed by atoms with Gasteiger partial charge < -0.3 is 14.7 Å². The molecule has 0 unspecified atom stereocenters. The highest BCUT2D eigenvalue weighted by atomic mass is 35.5. The van der Waals surface area contributed by atoms with Crippen LogP contribution in [0.25, 0.3) is 0 Å². The van der Waals surface area contributed by atoms with E-state index in [9.17, 15) is 18.7 Å². The molecule has 1 saturated heterocycles. The van der Waals surface area contributed by atoms with Crippen LogP contribution in [0.1, 0.15) is 35.4 Å². The van der Waals surface area contributed by atoms with Gasteiger partial charge in [0, 0.05) is 18.1 Å². The lowest BCUT2D eigenvalue weighted by Gasteiger charge is -2.35. The van der Waals surface area contributed by atoms with Crippen molar-refractivity contribution < 1.29 is 23.4 Å². The quantitative estimate of drug-likeness (QED) is 0.809. The minimum absolute atomic E-state index is 0.0128. The smallest absolute Gasteiger partial charge is 0.279 e. The number of rotatable bonds is 4. The standard InChI is InChI=1S/C19H20ClF2N3O3/c20-12-2-1-3-13(6-12)28-17-5-11-9-25(8-10(11)4-16(17)26)19(27)15-7-14(18(21)22)23-24-15/h1-3,6-7,10-11,16-18,26H,4-5,8-9H2,(H,23,24)/t10-,11+,16+,17+/m0/s1. The van der Waals surface area contributed by atoms with E-state index in [0.29, 0.717) is 36.7 Å². The van der Waals surface area contributed by atoms with Crippen molar-refractivity contribution in [2.75, 3.05) is 13.1 Å². The summed E-state index contributed by atoms with van der Waals surface area (Å²) < 4.78 is 31.3. The number of aliphatic hydroxyl groups is 1. The van der Waals surface area contributed by atoms with E-state index in [1.807, 2.05) is 0 Å². The molecule has 6 nitrogen and oxygen atoms in total. The fourth-order valence-corrected chi connectivity index (χ4v) is 4.30. The van der Waals surface area contributed by atoms with Gasteiger partial charge in [0.15, 0.2) is 5.69 Å². The lowest BCUT2D eigenvalue weighted by Crippen LogP contribution is -2.42. The minimum atomic E-state index is -2.70. The summed E-state index contributed by atoms with van der Waals surface area (Å²) in [6.45, 7) is 0.962. The minimum Gasteiger partial charge on any atom is -0.488 e. The average molecular weight is 412 g/mol. The van der Waals surface area contributed by atoms with Crippen LogP contribution in [0, 0.1) is 11.8 Å². The number of aliphatic hydroxyl groups excluding tert-OH is 1. The van der Waals surface area contributed by atoms with Crippen LogP contribution < -0.4 is 4.74 Å². The third-order valence-corrected chi connectivity index (χ3v) is 5.74. The first-order valence-corrected chi connectivity index (χ1v) is 9.51. The van der Waals surface area contributed by atoms with E-state index in [0.717, 1.165) is 6.07 Å². The Morgan fingerprint density at radius 1 is 1.29 bits per heavy atom. The first-order valence-electron chi connectivity index (χ1n) is 9.13. The summed E-state index contributed by atoms with van der Waals surface area (Å²) in [4.78, 5) is 14.2. The summed E-state index contributed by atoms with van der Waals surface area (Å²) >= 11 is 5.98. The third-order valence-electron chi connectivity index (χ3n) is 5.51. The summed E-state index contributed by atoms with van der Waals surface area (Å²) in [5, 5.41) is 17.0. The molecule has 150 valence electrons. The summed E-state index contributed by atoms with van der Waals surface area (Å²) in [5.74, 6) is 0.535. The maximum Gasteiger partial charge on any atom is 0.279 e. The lowest BCUT2D eigenvalue weighted by atomic mass is 9.78. The summed E-state index contributed by atoms with van der Waals surface area (Å²) in [5.41, 5.74) is -0.383. The molecule has 4 atom stereocenters. The Morgan fingerprint density at radius 3 is 2.71 bits per heavy atom. The molecule has 1 aromatic carbocycles. The van der Waals surface area contributed by atoms with Crippen molar-refractivity contribution in [3.05, 3.63) is 46.7 Å². The normalized spacial score (nSPS) is 27.1. The van der Waals surface area contributed by atoms with E-state index >= 15 is 0 Å². The fourth-order valence-electron chi connectivity index (χ4n) is 4.12. The van der Waals surface area contributed by atoms with Crippen molar-refractivity contribution in [3.63, 3.8) is 0 Å². The van der Waals surface area contributed by atoms with E-state index < -0.39 is 12.5 Å². The van der Waals surface area contributed by atoms with Crippen LogP contribution in [0.4, 0.5) is 8.78 Å². The van der Waals surface area contributed by atoms with Gasteiger partial charge in [-0.1, -0.05) is 17.7 Å². The zero-order valence-electron chi connectivity index (χ0n) is 14.9. The number of amides is 1. The van der Waals surface area contributed by atoms with Crippen LogP contribution in [0.2, 0.25) is 5.02 Å². The molecule has 4 rings (SSSR count). The molecule has 2 N–H and O–H groups in total. The molecule has 0 spiro atoms. The van der Waals surface area contributed by atoms with E-state index in [-0.39, 0.29) is 35.2 Å². The van der Waals surface area contributed by atoms with E-state index in [1.54, 1.807) is 29.2 Å². The van der Waals surface area contributed by atoms with Gasteiger partial charge in [0.1, 0.15) is 17.5 Å². The number of benzene rings is 1. The second-order valence-corrected chi connectivity index (χ2v) is 7.83. The second-order valence-electron chi connectivity index (χ2n) is 7.39. The number of hydrogen-bond acceptors (Lipinski definition) is 4. The number of aromatic nitrogens is 2. The number of aromatic amines is 1. The van der Waals surface area contributed by atoms with Gasteiger partial charge in [-0.25, -0.2) is 8.78 Å². The highest BCUT2D eigenvalue weighted by Crippen LogP contribution is 2.38. The second kappa shape index (κ2) is 7.67. The Balaban J connectivity index is 1.41. The van der Waals surface area contributed by atoms with Gasteiger partial charge in [-0.15, -0.1) is 0 Å². The van der Waals surface area contributed by atoms with E-state index in [4.69, 9.17) is 16.3 Å². The molecule has 2 heterocycles. The average Bonchev–Trinajstić information content (AvgIpc) is 3.28. The molecule has 1 aromatic heterocycles. The summed E-state index contributed by atoms with van der Waals surface area (Å²) in [7, 11) is 0. The number of H-pyrrole nitrogens is 1. The molecular weight excluding hydrogens is 392 g/mol. The van der Waals surface area contributed by atoms with Crippen LogP contribution in [0.3, 0.4) is 0 Å². The molecule has 0 radical (unpaired) electrons. The third kappa shape index (κ3) is 3.84. The van der Waals surface area contributed by atoms with E-state index in [2.05, 4.69) is 10.2 Å². The predicted octanol–water partition coefficient (Wildman–Crippen LogP) is 3.29. The van der Waals surface area contributed by atoms with Crippen molar-refractivity contribution in [1.82, 2.24) is 15.1 Å². The predicted molar refractivity (Wildman–Crippen MR) is 97.5 cm³/mol. The number of nitrogens with zero attached hydrogens (tertiary/aromatic N) is 2. The van der Waals surface area contributed by atoms with Gasteiger partial charge in [0.2, 0.25) is 0 Å². The molecule has 1 aliphatic heterocycles. The number of hydrogen-bond donors (Lipinski definition) is 2. The van der Waals surface area contributed by atoms with Gasteiger partial charge in [0.05, 0.1) is 6.10 Å². The number of nitrogens with one attached hydrogen (secondary N) is 1. The molecule has 28 heavy (non-hydrogen) atoms. The van der Waals surface area contributed by atoms with Gasteiger partial charge >= 0.3 is 0 Å². The van der Waals surface area contributed by atoms with Crippen molar-refractivity contribution in [1.29, 1.82) is 0 Å². The molecule has 1 aliphatic carbocycles. The molecule has 1 amide bonds. The Bertz CT molecular complexity index is 862. The van der Waals surface area contributed by atoms with Gasteiger partial charge in [-0.05, 0) is 48.9 Å². The molecule has 1 saturated carbocycles. The first-order chi connectivity index (χ1) is 13.4. The number of halogens is 3. The number of carbonyl (C=O) groups is 1. The number of ether oxygens (including phenoxy) is 1. The van der Waals surface area contributed by atoms with Crippen LogP contribution in [0.5, 0.6) is 5.75 Å². The number of alkyl halides is 2. The highest BCUT2D eigenvalue weighted by Gasteiger charge is 2.44. The van der Waals surface area contributed by atoms with Crippen molar-refractivity contribution >= 4 is 17.5 Å². The SMILES string of the molecule is O=C(c1cc(C(F)F)[nH]n1)N1C[C@H]2C[C@@H](Oc3cccc(Cl)c3)[C@H](O)C[C@H]2C1. The fraction of sp³-hybridized carbons (Fsp3) is 0.474. The van der Waals surface area contributed by atoms with Crippen molar-refractivity contribution in [2.24, 2.45) is 11.8 Å². The highest BCUT2D eigenvalue weighted by molar-refractivity contribution is 6.30. The van der Waals surface area contributed by atoms with Crippen LogP contribution in [-0.4, -0.2) is 51.4 Å². The zero-order chi connectivity index (χ0) is 19.8. The number of likely N-dealkylation sites (tertiary alicyclic amines) is 1. The van der Waals surface area contributed by atoms with E-state index in [1.165, 1.54) is 0 Å². The number of carbonyl (C=O) groups excluding carboxylic acids is 1. The van der Waals surface area contributed by atoms with Gasteiger partial charge in [-0.3, -0.25) is 9.89 Å². The molecular formula is C19H20ClF2N3O3. The Labute approximate surface area is 165 Å². The van der Waals surface area contributed by atoms with Gasteiger partial charge in [0.25, 0.3) is 12.3 Å². The molecule has 9 heteroatoms. The monoisotopic (exact) mass is 411 g/mol. The summed E-state index contributed by atoms with van der Waals surface area (Å²) in [6, 6.07) is 8.10. The van der Waals surface area contributed by atoms with Crippen molar-refractivity contribution in [2.45, 2.75) is 31.5 Å². The Kier molecular flexibility index (Phi) is 5.25. The molecule has 2 fully saturated rings. The van der Waals surface area contributed by atoms with Crippen LogP contribution in [-0.2, 0) is 0 Å². The van der Waals surface area contributed by atoms with Crippen molar-refractivity contribution in [3.8, 4) is 5.75 Å². The maximum absolute atomic E-state index is 12.7. The molecule has 2 aromatic rings. The summed E-state index contributed by atoms with van der Waals surface area (Å²) in [6.07, 6.45) is -2.61. The Morgan fingerprint density at radius 2 is 2.04 bits per heavy atom. The van der Waals surface area contributed by atoms with Crippen LogP contribution >= 0.6 is 11.6 Å². The first kappa shape index (κ1) is 19.1. The molecule has 0 bridgehead atoms. The maximum atomic E-state index is 12.7. The Hall–Kier alpha value is -2.19. The van der Waals surface area contributed by atoms with Gasteiger partial charge in [-0.2, -0.15) is 5.10 Å². The molecule has 2 aliphatic rings. The topological polar surface area (TPSA) is 78.5 Å².